The highest BCUT2D eigenvalue weighted by atomic mass is 32.1. The van der Waals surface area contributed by atoms with Crippen LogP contribution in [0.4, 0.5) is 4.39 Å². The summed E-state index contributed by atoms with van der Waals surface area (Å²) in [6, 6.07) is 30.5. The van der Waals surface area contributed by atoms with Gasteiger partial charge in [-0.15, -0.1) is 0 Å². The standard InChI is InChI=1S/C38H30FN3O4S/c1-3-46-37(44)33-34(25-9-5-4-6-10-25)40-38-42(35(33)26-15-19-29(45-2)20-16-26)36(43)32(47-38)21-27-23-41(31-12-8-7-11-30(27)31)22-24-13-17-28(39)18-14-24/h4-21,23,35H,3,22H2,1-2H3/b32-21+/t35-/m0/s1. The average molecular weight is 644 g/mol. The topological polar surface area (TPSA) is 74.8 Å². The van der Waals surface area contributed by atoms with E-state index in [-0.39, 0.29) is 23.6 Å². The number of fused-ring (bicyclic) bond motifs is 2. The minimum absolute atomic E-state index is 0.173. The first-order valence-electron chi connectivity index (χ1n) is 15.2. The second-order valence-corrected chi connectivity index (χ2v) is 12.1. The predicted octanol–water partition coefficient (Wildman–Crippen LogP) is 6.09. The van der Waals surface area contributed by atoms with E-state index in [1.54, 1.807) is 30.7 Å². The van der Waals surface area contributed by atoms with Gasteiger partial charge in [-0.05, 0) is 54.5 Å². The second-order valence-electron chi connectivity index (χ2n) is 11.1. The summed E-state index contributed by atoms with van der Waals surface area (Å²) in [5.74, 6) is -0.158. The monoisotopic (exact) mass is 643 g/mol. The number of aromatic nitrogens is 2. The van der Waals surface area contributed by atoms with Crippen LogP contribution >= 0.6 is 11.3 Å². The van der Waals surface area contributed by atoms with Crippen LogP contribution in [0.5, 0.6) is 5.75 Å². The summed E-state index contributed by atoms with van der Waals surface area (Å²) in [4.78, 5) is 33.5. The van der Waals surface area contributed by atoms with Crippen LogP contribution in [0.2, 0.25) is 0 Å². The van der Waals surface area contributed by atoms with Crippen LogP contribution in [0.25, 0.3) is 22.7 Å². The minimum atomic E-state index is -0.784. The van der Waals surface area contributed by atoms with E-state index in [0.29, 0.717) is 27.3 Å². The van der Waals surface area contributed by atoms with Crippen molar-refractivity contribution in [2.75, 3.05) is 13.7 Å². The van der Waals surface area contributed by atoms with E-state index in [2.05, 4.69) is 4.57 Å². The van der Waals surface area contributed by atoms with Crippen molar-refractivity contribution >= 4 is 40.0 Å². The molecule has 0 aliphatic carbocycles. The van der Waals surface area contributed by atoms with Gasteiger partial charge in [-0.3, -0.25) is 9.36 Å². The number of methoxy groups -OCH3 is 1. The van der Waals surface area contributed by atoms with Gasteiger partial charge in [0.2, 0.25) is 0 Å². The molecule has 47 heavy (non-hydrogen) atoms. The molecule has 0 saturated carbocycles. The lowest BCUT2D eigenvalue weighted by molar-refractivity contribution is -0.138. The third-order valence-electron chi connectivity index (χ3n) is 8.18. The lowest BCUT2D eigenvalue weighted by Gasteiger charge is -2.26. The van der Waals surface area contributed by atoms with Gasteiger partial charge in [0.15, 0.2) is 4.80 Å². The van der Waals surface area contributed by atoms with Crippen LogP contribution in [-0.2, 0) is 16.1 Å². The maximum Gasteiger partial charge on any atom is 0.338 e. The van der Waals surface area contributed by atoms with E-state index < -0.39 is 12.0 Å². The molecule has 0 spiro atoms. The quantitative estimate of drug-likeness (QED) is 0.188. The summed E-state index contributed by atoms with van der Waals surface area (Å²) < 4.78 is 28.7. The van der Waals surface area contributed by atoms with Gasteiger partial charge in [0.25, 0.3) is 5.56 Å². The third kappa shape index (κ3) is 5.70. The molecule has 4 aromatic carbocycles. The van der Waals surface area contributed by atoms with E-state index in [1.807, 2.05) is 91.1 Å². The summed E-state index contributed by atoms with van der Waals surface area (Å²) >= 11 is 1.28. The number of hydrogen-bond acceptors (Lipinski definition) is 6. The molecule has 0 N–H and O–H groups in total. The molecule has 0 unspecified atom stereocenters. The lowest BCUT2D eigenvalue weighted by atomic mass is 9.93. The molecule has 3 heterocycles. The van der Waals surface area contributed by atoms with Crippen LogP contribution < -0.4 is 19.6 Å². The Kier molecular flexibility index (Phi) is 8.14. The molecule has 0 amide bonds. The number of hydrogen-bond donors (Lipinski definition) is 0. The summed E-state index contributed by atoms with van der Waals surface area (Å²) in [7, 11) is 1.59. The van der Waals surface area contributed by atoms with E-state index >= 15 is 0 Å². The smallest absolute Gasteiger partial charge is 0.338 e. The number of rotatable bonds is 8. The number of benzene rings is 4. The first kappa shape index (κ1) is 30.1. The molecule has 0 radical (unpaired) electrons. The molecule has 1 atom stereocenters. The Labute approximate surface area is 273 Å². The zero-order valence-corrected chi connectivity index (χ0v) is 26.5. The fourth-order valence-corrected chi connectivity index (χ4v) is 6.98. The zero-order chi connectivity index (χ0) is 32.5. The molecule has 9 heteroatoms. The van der Waals surface area contributed by atoms with Crippen molar-refractivity contribution in [3.63, 3.8) is 0 Å². The van der Waals surface area contributed by atoms with E-state index in [9.17, 15) is 14.0 Å². The van der Waals surface area contributed by atoms with Gasteiger partial charge >= 0.3 is 5.97 Å². The summed E-state index contributed by atoms with van der Waals surface area (Å²) in [6.45, 7) is 2.47. The second kappa shape index (κ2) is 12.7. The SMILES string of the molecule is CCOC(=O)C1=C(c2ccccc2)N=c2s/c(=C/c3cn(Cc4ccc(F)cc4)c4ccccc34)c(=O)n2[C@H]1c1ccc(OC)cc1. The molecule has 1 aliphatic rings. The highest BCUT2D eigenvalue weighted by molar-refractivity contribution is 7.07. The summed E-state index contributed by atoms with van der Waals surface area (Å²) in [5.41, 5.74) is 4.77. The molecule has 0 bridgehead atoms. The lowest BCUT2D eigenvalue weighted by Crippen LogP contribution is -2.40. The van der Waals surface area contributed by atoms with Crippen LogP contribution in [-0.4, -0.2) is 28.8 Å². The van der Waals surface area contributed by atoms with Gasteiger partial charge in [0.05, 0.1) is 35.6 Å². The molecule has 1 aliphatic heterocycles. The molecule has 6 aromatic rings. The number of esters is 1. The maximum atomic E-state index is 14.4. The van der Waals surface area contributed by atoms with Crippen LogP contribution in [0.1, 0.15) is 35.2 Å². The summed E-state index contributed by atoms with van der Waals surface area (Å²) in [5, 5.41) is 0.976. The van der Waals surface area contributed by atoms with Crippen molar-refractivity contribution < 1.29 is 18.7 Å². The minimum Gasteiger partial charge on any atom is -0.497 e. The Morgan fingerprint density at radius 2 is 1.68 bits per heavy atom. The number of para-hydroxylation sites is 1. The Morgan fingerprint density at radius 3 is 2.40 bits per heavy atom. The van der Waals surface area contributed by atoms with Gasteiger partial charge in [-0.25, -0.2) is 14.2 Å². The highest BCUT2D eigenvalue weighted by Gasteiger charge is 2.35. The van der Waals surface area contributed by atoms with Crippen LogP contribution in [0.15, 0.2) is 125 Å². The maximum absolute atomic E-state index is 14.4. The largest absolute Gasteiger partial charge is 0.497 e. The molecule has 0 fully saturated rings. The van der Waals surface area contributed by atoms with Gasteiger partial charge < -0.3 is 14.0 Å². The van der Waals surface area contributed by atoms with Crippen molar-refractivity contribution in [1.82, 2.24) is 9.13 Å². The Hall–Kier alpha value is -5.54. The fourth-order valence-electron chi connectivity index (χ4n) is 5.99. The van der Waals surface area contributed by atoms with Gasteiger partial charge in [-0.2, -0.15) is 0 Å². The molecule has 7 rings (SSSR count). The van der Waals surface area contributed by atoms with E-state index in [1.165, 1.54) is 23.5 Å². The molecule has 0 saturated heterocycles. The normalized spacial score (nSPS) is 14.6. The predicted molar refractivity (Wildman–Crippen MR) is 181 cm³/mol. The molecule has 2 aromatic heterocycles. The number of halogens is 1. The van der Waals surface area contributed by atoms with E-state index in [0.717, 1.165) is 33.2 Å². The van der Waals surface area contributed by atoms with Crippen LogP contribution in [0.3, 0.4) is 0 Å². The Balaban J connectivity index is 1.44. The highest BCUT2D eigenvalue weighted by Crippen LogP contribution is 2.35. The first-order valence-corrected chi connectivity index (χ1v) is 16.0. The number of nitrogens with zero attached hydrogens (tertiary/aromatic N) is 3. The van der Waals surface area contributed by atoms with Gasteiger partial charge in [0.1, 0.15) is 11.6 Å². The fraction of sp³-hybridized carbons (Fsp3) is 0.132. The first-order chi connectivity index (χ1) is 22.9. The van der Waals surface area contributed by atoms with Crippen molar-refractivity contribution in [1.29, 1.82) is 0 Å². The van der Waals surface area contributed by atoms with Crippen molar-refractivity contribution in [3.8, 4) is 5.75 Å². The average Bonchev–Trinajstić information content (AvgIpc) is 3.61. The van der Waals surface area contributed by atoms with Crippen molar-refractivity contribution in [2.24, 2.45) is 4.99 Å². The molecule has 234 valence electrons. The number of carbonyl (C=O) groups is 1. The van der Waals surface area contributed by atoms with Gasteiger partial charge in [0, 0.05) is 34.8 Å². The number of ether oxygens (including phenoxy) is 2. The summed E-state index contributed by atoms with van der Waals surface area (Å²) in [6.07, 6.45) is 3.89. The number of thiazole rings is 1. The zero-order valence-electron chi connectivity index (χ0n) is 25.7. The van der Waals surface area contributed by atoms with Gasteiger partial charge in [-0.1, -0.05) is 84.1 Å². The molecule has 7 nitrogen and oxygen atoms in total. The van der Waals surface area contributed by atoms with E-state index in [4.69, 9.17) is 14.5 Å². The Morgan fingerprint density at radius 1 is 0.957 bits per heavy atom. The molecular weight excluding hydrogens is 614 g/mol. The van der Waals surface area contributed by atoms with Crippen molar-refractivity contribution in [3.05, 3.63) is 163 Å². The Bertz CT molecular complexity index is 2320. The van der Waals surface area contributed by atoms with Crippen LogP contribution in [0, 0.1) is 5.82 Å². The number of carbonyl (C=O) groups excluding carboxylic acids is 1. The third-order valence-corrected chi connectivity index (χ3v) is 9.16. The molecular formula is C38H30FN3O4S. The van der Waals surface area contributed by atoms with Crippen molar-refractivity contribution in [2.45, 2.75) is 19.5 Å².